The maximum atomic E-state index is 13.5. The average Bonchev–Trinajstić information content (AvgIpc) is 2.99. The summed E-state index contributed by atoms with van der Waals surface area (Å²) in [6.07, 6.45) is 3.68. The zero-order valence-electron chi connectivity index (χ0n) is 24.4. The third-order valence-electron chi connectivity index (χ3n) is 6.96. The van der Waals surface area contributed by atoms with Gasteiger partial charge in [0.1, 0.15) is 28.8 Å². The fourth-order valence-electron chi connectivity index (χ4n) is 4.63. The molecule has 0 saturated carbocycles. The normalized spacial score (nSPS) is 10.8. The van der Waals surface area contributed by atoms with Gasteiger partial charge in [0, 0.05) is 24.8 Å². The van der Waals surface area contributed by atoms with Gasteiger partial charge in [-0.25, -0.2) is 4.39 Å². The van der Waals surface area contributed by atoms with Crippen LogP contribution in [0.15, 0.2) is 48.5 Å². The Bertz CT molecular complexity index is 1340. The molecule has 0 bridgehead atoms. The van der Waals surface area contributed by atoms with Gasteiger partial charge in [0.05, 0.1) is 33.0 Å². The fraction of sp³-hybridized carbons (Fsp3) is 0.394. The first-order valence-electron chi connectivity index (χ1n) is 14.1. The van der Waals surface area contributed by atoms with Crippen LogP contribution in [0, 0.1) is 5.82 Å². The third kappa shape index (κ3) is 8.86. The van der Waals surface area contributed by atoms with E-state index in [-0.39, 0.29) is 49.3 Å². The van der Waals surface area contributed by atoms with E-state index in [1.54, 1.807) is 30.3 Å². The second-order valence-electron chi connectivity index (χ2n) is 9.77. The van der Waals surface area contributed by atoms with Crippen LogP contribution in [0.5, 0.6) is 23.0 Å². The van der Waals surface area contributed by atoms with Crippen molar-refractivity contribution in [2.45, 2.75) is 58.3 Å². The monoisotopic (exact) mass is 582 g/mol. The van der Waals surface area contributed by atoms with E-state index in [2.05, 4.69) is 4.74 Å². The Balaban J connectivity index is 1.67. The molecule has 2 N–H and O–H groups in total. The van der Waals surface area contributed by atoms with Crippen molar-refractivity contribution in [1.29, 1.82) is 0 Å². The van der Waals surface area contributed by atoms with Gasteiger partial charge in [-0.15, -0.1) is 0 Å². The zero-order chi connectivity index (χ0) is 30.5. The molecule has 0 amide bonds. The molecule has 0 heterocycles. The Morgan fingerprint density at radius 2 is 1.43 bits per heavy atom. The van der Waals surface area contributed by atoms with E-state index in [1.807, 2.05) is 13.0 Å². The minimum Gasteiger partial charge on any atom is -0.507 e. The highest BCUT2D eigenvalue weighted by Crippen LogP contribution is 2.41. The summed E-state index contributed by atoms with van der Waals surface area (Å²) >= 11 is 0. The van der Waals surface area contributed by atoms with Crippen LogP contribution in [0.25, 0.3) is 11.1 Å². The number of hydrogen-bond donors (Lipinski definition) is 2. The molecule has 0 unspecified atom stereocenters. The maximum Gasteiger partial charge on any atom is 0.305 e. The lowest BCUT2D eigenvalue weighted by molar-refractivity contribution is -0.141. The minimum atomic E-state index is -0.396. The topological polar surface area (TPSA) is 112 Å². The molecule has 0 atom stereocenters. The first kappa shape index (κ1) is 32.2. The smallest absolute Gasteiger partial charge is 0.305 e. The molecule has 0 radical (unpaired) electrons. The van der Waals surface area contributed by atoms with Gasteiger partial charge in [0.15, 0.2) is 0 Å². The second kappa shape index (κ2) is 16.2. The summed E-state index contributed by atoms with van der Waals surface area (Å²) in [7, 11) is 2.67. The molecule has 0 spiro atoms. The number of methoxy groups -OCH3 is 2. The minimum absolute atomic E-state index is 0.0427. The highest BCUT2D eigenvalue weighted by molar-refractivity contribution is 5.78. The summed E-state index contributed by atoms with van der Waals surface area (Å²) in [4.78, 5) is 23.2. The molecule has 3 aromatic rings. The van der Waals surface area contributed by atoms with Crippen LogP contribution in [0.3, 0.4) is 0 Å². The van der Waals surface area contributed by atoms with Crippen LogP contribution in [-0.2, 0) is 38.3 Å². The number of aromatic hydroxyl groups is 2. The molecule has 3 aromatic carbocycles. The van der Waals surface area contributed by atoms with Gasteiger partial charge >= 0.3 is 11.9 Å². The number of rotatable bonds is 16. The SMILES string of the molecule is CCc1ccc(O)c(-c2ccc(F)cc2)c1OCCCOc1ccc(CCCCC(=O)OC)c(O)c1CCC(=O)OC. The predicted octanol–water partition coefficient (Wildman–Crippen LogP) is 6.31. The van der Waals surface area contributed by atoms with Crippen molar-refractivity contribution in [2.75, 3.05) is 27.4 Å². The summed E-state index contributed by atoms with van der Waals surface area (Å²) < 4.78 is 35.1. The van der Waals surface area contributed by atoms with Crippen LogP contribution in [0.4, 0.5) is 4.39 Å². The number of hydrogen-bond acceptors (Lipinski definition) is 8. The summed E-state index contributed by atoms with van der Waals surface area (Å²) in [6, 6.07) is 12.9. The molecule has 0 aliphatic carbocycles. The molecule has 8 nitrogen and oxygen atoms in total. The van der Waals surface area contributed by atoms with E-state index < -0.39 is 5.97 Å². The first-order valence-corrected chi connectivity index (χ1v) is 14.1. The Kier molecular flexibility index (Phi) is 12.5. The number of benzene rings is 3. The van der Waals surface area contributed by atoms with Crippen molar-refractivity contribution in [3.05, 3.63) is 71.0 Å². The molecule has 42 heavy (non-hydrogen) atoms. The number of phenolic OH excluding ortho intramolecular Hbond substituents is 2. The average molecular weight is 583 g/mol. The second-order valence-corrected chi connectivity index (χ2v) is 9.77. The molecule has 3 rings (SSSR count). The van der Waals surface area contributed by atoms with Crippen molar-refractivity contribution in [3.63, 3.8) is 0 Å². The Morgan fingerprint density at radius 3 is 2.12 bits per heavy atom. The van der Waals surface area contributed by atoms with E-state index >= 15 is 0 Å². The molecule has 226 valence electrons. The number of aryl methyl sites for hydroxylation is 2. The van der Waals surface area contributed by atoms with Crippen LogP contribution in [-0.4, -0.2) is 49.6 Å². The summed E-state index contributed by atoms with van der Waals surface area (Å²) in [5.41, 5.74) is 3.29. The molecule has 0 aliphatic heterocycles. The van der Waals surface area contributed by atoms with Crippen molar-refractivity contribution in [2.24, 2.45) is 0 Å². The molecule has 0 aliphatic rings. The lowest BCUT2D eigenvalue weighted by atomic mass is 9.99. The van der Waals surface area contributed by atoms with Crippen molar-refractivity contribution >= 4 is 11.9 Å². The van der Waals surface area contributed by atoms with Crippen molar-refractivity contribution < 1.29 is 43.1 Å². The molecule has 0 aromatic heterocycles. The molecular formula is C33H39FO8. The van der Waals surface area contributed by atoms with Crippen LogP contribution in [0.2, 0.25) is 0 Å². The van der Waals surface area contributed by atoms with Crippen molar-refractivity contribution in [3.8, 4) is 34.1 Å². The van der Waals surface area contributed by atoms with E-state index in [0.717, 1.165) is 5.56 Å². The molecule has 0 fully saturated rings. The van der Waals surface area contributed by atoms with E-state index in [4.69, 9.17) is 14.2 Å². The van der Waals surface area contributed by atoms with Gasteiger partial charge in [-0.3, -0.25) is 9.59 Å². The van der Waals surface area contributed by atoms with Gasteiger partial charge in [-0.1, -0.05) is 31.2 Å². The first-order chi connectivity index (χ1) is 20.3. The van der Waals surface area contributed by atoms with Crippen LogP contribution in [0.1, 0.15) is 55.7 Å². The third-order valence-corrected chi connectivity index (χ3v) is 6.96. The highest BCUT2D eigenvalue weighted by Gasteiger charge is 2.18. The largest absolute Gasteiger partial charge is 0.507 e. The van der Waals surface area contributed by atoms with Gasteiger partial charge in [-0.2, -0.15) is 0 Å². The van der Waals surface area contributed by atoms with Crippen molar-refractivity contribution in [1.82, 2.24) is 0 Å². The zero-order valence-corrected chi connectivity index (χ0v) is 24.4. The van der Waals surface area contributed by atoms with E-state index in [1.165, 1.54) is 26.4 Å². The number of esters is 2. The number of unbranched alkanes of at least 4 members (excludes halogenated alkanes) is 1. The Labute approximate surface area is 246 Å². The van der Waals surface area contributed by atoms with Gasteiger partial charge in [0.25, 0.3) is 0 Å². The standard InChI is InChI=1S/C33H39FO8/c1-4-22-12-17-27(35)31(23-10-14-25(34)15-11-23)33(22)42-21-7-20-41-28-18-13-24(8-5-6-9-29(36)39-2)32(38)26(28)16-19-30(37)40-3/h10-15,17-18,35,38H,4-9,16,19-21H2,1-3H3. The number of halogens is 1. The molecular weight excluding hydrogens is 543 g/mol. The molecule has 9 heteroatoms. The number of phenols is 2. The lowest BCUT2D eigenvalue weighted by Crippen LogP contribution is -2.09. The summed E-state index contributed by atoms with van der Waals surface area (Å²) in [5, 5.41) is 21.6. The highest BCUT2D eigenvalue weighted by atomic mass is 19.1. The summed E-state index contributed by atoms with van der Waals surface area (Å²) in [6.45, 7) is 2.55. The fourth-order valence-corrected chi connectivity index (χ4v) is 4.63. The van der Waals surface area contributed by atoms with E-state index in [0.29, 0.717) is 72.3 Å². The Hall–Kier alpha value is -4.27. The van der Waals surface area contributed by atoms with Gasteiger partial charge < -0.3 is 29.2 Å². The number of ether oxygens (including phenoxy) is 4. The van der Waals surface area contributed by atoms with Crippen LogP contribution >= 0.6 is 0 Å². The quantitative estimate of drug-likeness (QED) is 0.149. The van der Waals surface area contributed by atoms with Gasteiger partial charge in [0.2, 0.25) is 0 Å². The molecule has 0 saturated heterocycles. The van der Waals surface area contributed by atoms with E-state index in [9.17, 15) is 24.2 Å². The number of carbonyl (C=O) groups excluding carboxylic acids is 2. The number of carbonyl (C=O) groups is 2. The predicted molar refractivity (Wildman–Crippen MR) is 157 cm³/mol. The Morgan fingerprint density at radius 1 is 0.762 bits per heavy atom. The van der Waals surface area contributed by atoms with Gasteiger partial charge in [-0.05, 0) is 73.1 Å². The summed E-state index contributed by atoms with van der Waals surface area (Å²) in [5.74, 6) is 0.0843. The lowest BCUT2D eigenvalue weighted by Gasteiger charge is -2.18. The van der Waals surface area contributed by atoms with Crippen LogP contribution < -0.4 is 9.47 Å². The maximum absolute atomic E-state index is 13.5.